The van der Waals surface area contributed by atoms with Gasteiger partial charge in [0.25, 0.3) is 0 Å². The van der Waals surface area contributed by atoms with Gasteiger partial charge < -0.3 is 0 Å². The third-order valence-electron chi connectivity index (χ3n) is 3.63. The van der Waals surface area contributed by atoms with Gasteiger partial charge in [-0.1, -0.05) is 26.0 Å². The van der Waals surface area contributed by atoms with Crippen molar-refractivity contribution in [3.8, 4) is 5.69 Å². The molecule has 0 N–H and O–H groups in total. The van der Waals surface area contributed by atoms with E-state index in [1.54, 1.807) is 12.4 Å². The molecule has 1 atom stereocenters. The Hall–Kier alpha value is -1.87. The van der Waals surface area contributed by atoms with Crippen LogP contribution in [-0.2, 0) is 0 Å². The van der Waals surface area contributed by atoms with E-state index >= 15 is 0 Å². The number of benzene rings is 1. The van der Waals surface area contributed by atoms with Crippen LogP contribution in [0.1, 0.15) is 43.5 Å². The first kappa shape index (κ1) is 14.1. The summed E-state index contributed by atoms with van der Waals surface area (Å²) in [5.41, 5.74) is 4.30. The van der Waals surface area contributed by atoms with Crippen LogP contribution in [0.3, 0.4) is 0 Å². The molecule has 108 valence electrons. The summed E-state index contributed by atoms with van der Waals surface area (Å²) >= 11 is 6.33. The van der Waals surface area contributed by atoms with Crippen LogP contribution < -0.4 is 0 Å². The number of imidazole rings is 1. The maximum atomic E-state index is 6.33. The Bertz CT molecular complexity index is 775. The van der Waals surface area contributed by atoms with Gasteiger partial charge in [-0.05, 0) is 36.6 Å². The van der Waals surface area contributed by atoms with Gasteiger partial charge in [-0.25, -0.2) is 4.98 Å². The average Bonchev–Trinajstić information content (AvgIpc) is 2.87. The molecule has 3 nitrogen and oxygen atoms in total. The van der Waals surface area contributed by atoms with Crippen molar-refractivity contribution in [3.63, 3.8) is 0 Å². The van der Waals surface area contributed by atoms with Crippen molar-refractivity contribution >= 4 is 22.6 Å². The maximum Gasteiger partial charge on any atom is 0.132 e. The van der Waals surface area contributed by atoms with Crippen LogP contribution in [0, 0.1) is 0 Å². The summed E-state index contributed by atoms with van der Waals surface area (Å²) in [5.74, 6) is 1.33. The predicted molar refractivity (Wildman–Crippen MR) is 87.2 cm³/mol. The largest absolute Gasteiger partial charge is 0.295 e. The Morgan fingerprint density at radius 3 is 2.67 bits per heavy atom. The summed E-state index contributed by atoms with van der Waals surface area (Å²) in [6, 6.07) is 10.5. The molecule has 2 aromatic heterocycles. The zero-order chi connectivity index (χ0) is 15.0. The minimum absolute atomic E-state index is 0.167. The molecule has 3 rings (SSSR count). The molecule has 21 heavy (non-hydrogen) atoms. The summed E-state index contributed by atoms with van der Waals surface area (Å²) in [5, 5.41) is -0.167. The Balaban J connectivity index is 2.28. The van der Waals surface area contributed by atoms with E-state index in [0.717, 1.165) is 22.5 Å². The topological polar surface area (TPSA) is 30.7 Å². The molecule has 1 aromatic carbocycles. The number of hydrogen-bond acceptors (Lipinski definition) is 2. The lowest BCUT2D eigenvalue weighted by molar-refractivity contribution is 0.852. The summed E-state index contributed by atoms with van der Waals surface area (Å²) in [4.78, 5) is 8.78. The molecule has 0 saturated heterocycles. The molecule has 0 bridgehead atoms. The number of hydrogen-bond donors (Lipinski definition) is 0. The number of aromatic nitrogens is 3. The van der Waals surface area contributed by atoms with Gasteiger partial charge >= 0.3 is 0 Å². The van der Waals surface area contributed by atoms with Gasteiger partial charge in [0.05, 0.1) is 17.1 Å². The van der Waals surface area contributed by atoms with E-state index in [1.165, 1.54) is 5.56 Å². The zero-order valence-corrected chi connectivity index (χ0v) is 13.2. The fraction of sp³-hybridized carbons (Fsp3) is 0.294. The normalized spacial score (nSPS) is 13.0. The molecule has 0 fully saturated rings. The van der Waals surface area contributed by atoms with Gasteiger partial charge in [0.2, 0.25) is 0 Å². The number of halogens is 1. The minimum Gasteiger partial charge on any atom is -0.295 e. The SMILES string of the molecule is CC(C)c1cccc(-n2c(C(C)Cl)nc3cnccc32)c1. The van der Waals surface area contributed by atoms with Crippen molar-refractivity contribution in [2.75, 3.05) is 0 Å². The van der Waals surface area contributed by atoms with Crippen LogP contribution >= 0.6 is 11.6 Å². The Morgan fingerprint density at radius 2 is 1.95 bits per heavy atom. The molecule has 2 heterocycles. The van der Waals surface area contributed by atoms with E-state index in [-0.39, 0.29) is 5.38 Å². The molecule has 4 heteroatoms. The van der Waals surface area contributed by atoms with Gasteiger partial charge in [-0.3, -0.25) is 9.55 Å². The first-order chi connectivity index (χ1) is 10.1. The summed E-state index contributed by atoms with van der Waals surface area (Å²) in [6.45, 7) is 6.33. The van der Waals surface area contributed by atoms with Gasteiger partial charge in [0.1, 0.15) is 11.3 Å². The molecule has 1 unspecified atom stereocenters. The average molecular weight is 300 g/mol. The first-order valence-electron chi connectivity index (χ1n) is 7.14. The summed E-state index contributed by atoms with van der Waals surface area (Å²) < 4.78 is 2.13. The highest BCUT2D eigenvalue weighted by atomic mass is 35.5. The molecule has 0 aliphatic rings. The maximum absolute atomic E-state index is 6.33. The third-order valence-corrected chi connectivity index (χ3v) is 3.83. The highest BCUT2D eigenvalue weighted by Gasteiger charge is 2.16. The molecule has 3 aromatic rings. The molecular weight excluding hydrogens is 282 g/mol. The second-order valence-corrected chi connectivity index (χ2v) is 6.19. The van der Waals surface area contributed by atoms with Crippen LogP contribution in [0.15, 0.2) is 42.7 Å². The van der Waals surface area contributed by atoms with Gasteiger partial charge in [-0.2, -0.15) is 0 Å². The van der Waals surface area contributed by atoms with Crippen molar-refractivity contribution in [1.82, 2.24) is 14.5 Å². The fourth-order valence-corrected chi connectivity index (χ4v) is 2.66. The van der Waals surface area contributed by atoms with Crippen LogP contribution in [-0.4, -0.2) is 14.5 Å². The van der Waals surface area contributed by atoms with Gasteiger partial charge in [0.15, 0.2) is 0 Å². The first-order valence-corrected chi connectivity index (χ1v) is 7.58. The second-order valence-electron chi connectivity index (χ2n) is 5.54. The number of alkyl halides is 1. The van der Waals surface area contributed by atoms with Crippen molar-refractivity contribution in [2.24, 2.45) is 0 Å². The number of fused-ring (bicyclic) bond motifs is 1. The number of rotatable bonds is 3. The zero-order valence-electron chi connectivity index (χ0n) is 12.4. The predicted octanol–water partition coefficient (Wildman–Crippen LogP) is 4.84. The number of nitrogens with zero attached hydrogens (tertiary/aromatic N) is 3. The Kier molecular flexibility index (Phi) is 3.68. The van der Waals surface area contributed by atoms with Crippen molar-refractivity contribution in [2.45, 2.75) is 32.1 Å². The van der Waals surface area contributed by atoms with E-state index < -0.39 is 0 Å². The molecule has 0 radical (unpaired) electrons. The third kappa shape index (κ3) is 2.54. The monoisotopic (exact) mass is 299 g/mol. The standard InChI is InChI=1S/C17H18ClN3/c1-11(2)13-5-4-6-14(9-13)21-16-7-8-19-10-15(16)20-17(21)12(3)18/h4-12H,1-3H3. The quantitative estimate of drug-likeness (QED) is 0.648. The fourth-order valence-electron chi connectivity index (χ4n) is 2.51. The summed E-state index contributed by atoms with van der Waals surface area (Å²) in [6.07, 6.45) is 3.57. The number of pyridine rings is 1. The summed E-state index contributed by atoms with van der Waals surface area (Å²) in [7, 11) is 0. The van der Waals surface area contributed by atoms with E-state index in [1.807, 2.05) is 13.0 Å². The molecule has 0 aliphatic carbocycles. The molecule has 0 saturated carbocycles. The van der Waals surface area contributed by atoms with Crippen molar-refractivity contribution in [1.29, 1.82) is 0 Å². The minimum atomic E-state index is -0.167. The van der Waals surface area contributed by atoms with Gasteiger partial charge in [-0.15, -0.1) is 11.6 Å². The molecular formula is C17H18ClN3. The molecule has 0 aliphatic heterocycles. The highest BCUT2D eigenvalue weighted by molar-refractivity contribution is 6.20. The van der Waals surface area contributed by atoms with Crippen LogP contribution in [0.5, 0.6) is 0 Å². The molecule has 0 spiro atoms. The molecule has 0 amide bonds. The smallest absolute Gasteiger partial charge is 0.132 e. The van der Waals surface area contributed by atoms with Gasteiger partial charge in [0, 0.05) is 11.9 Å². The van der Waals surface area contributed by atoms with Crippen molar-refractivity contribution in [3.05, 3.63) is 54.1 Å². The van der Waals surface area contributed by atoms with Crippen LogP contribution in [0.4, 0.5) is 0 Å². The lowest BCUT2D eigenvalue weighted by Gasteiger charge is -2.13. The van der Waals surface area contributed by atoms with Crippen molar-refractivity contribution < 1.29 is 0 Å². The second kappa shape index (κ2) is 5.49. The Morgan fingerprint density at radius 1 is 1.14 bits per heavy atom. The van der Waals surface area contributed by atoms with Crippen LogP contribution in [0.2, 0.25) is 0 Å². The Labute approximate surface area is 129 Å². The lowest BCUT2D eigenvalue weighted by atomic mass is 10.0. The lowest BCUT2D eigenvalue weighted by Crippen LogP contribution is -2.02. The van der Waals surface area contributed by atoms with E-state index in [0.29, 0.717) is 5.92 Å². The highest BCUT2D eigenvalue weighted by Crippen LogP contribution is 2.28. The van der Waals surface area contributed by atoms with E-state index in [4.69, 9.17) is 11.6 Å². The van der Waals surface area contributed by atoms with Crippen LogP contribution in [0.25, 0.3) is 16.7 Å². The van der Waals surface area contributed by atoms with E-state index in [2.05, 4.69) is 52.6 Å². The van der Waals surface area contributed by atoms with E-state index in [9.17, 15) is 0 Å².